The van der Waals surface area contributed by atoms with Crippen molar-refractivity contribution < 1.29 is 24.6 Å². The highest BCUT2D eigenvalue weighted by Gasteiger charge is 2.52. The molecule has 0 spiro atoms. The van der Waals surface area contributed by atoms with Crippen LogP contribution in [0.25, 0.3) is 0 Å². The molecule has 0 bridgehead atoms. The summed E-state index contributed by atoms with van der Waals surface area (Å²) in [4.78, 5) is 43.4. The summed E-state index contributed by atoms with van der Waals surface area (Å²) in [5.74, 6) is -1.54. The number of fused-ring (bicyclic) bond motifs is 1. The highest BCUT2D eigenvalue weighted by molar-refractivity contribution is 6.31. The molecule has 2 aliphatic heterocycles. The number of rotatable bonds is 12. The van der Waals surface area contributed by atoms with E-state index >= 15 is 0 Å². The second kappa shape index (κ2) is 15.2. The zero-order valence-corrected chi connectivity index (χ0v) is 28.5. The number of anilines is 2. The van der Waals surface area contributed by atoms with Crippen molar-refractivity contribution >= 4 is 46.4 Å². The van der Waals surface area contributed by atoms with E-state index in [1.807, 2.05) is 84.9 Å². The Labute approximate surface area is 296 Å². The minimum absolute atomic E-state index is 0.0318. The number of nitrogens with zero attached hydrogens (tertiary/aromatic N) is 4. The first-order valence-corrected chi connectivity index (χ1v) is 17.0. The van der Waals surface area contributed by atoms with Crippen LogP contribution in [0.2, 0.25) is 5.02 Å². The highest BCUT2D eigenvalue weighted by Crippen LogP contribution is 2.47. The molecule has 0 unspecified atom stereocenters. The van der Waals surface area contributed by atoms with Crippen LogP contribution in [-0.2, 0) is 33.1 Å². The van der Waals surface area contributed by atoms with Gasteiger partial charge in [-0.1, -0.05) is 103 Å². The number of amides is 3. The number of hydrogen-bond donors (Lipinski definition) is 2. The van der Waals surface area contributed by atoms with Crippen LogP contribution in [-0.4, -0.2) is 51.7 Å². The lowest BCUT2D eigenvalue weighted by Gasteiger charge is -2.28. The summed E-state index contributed by atoms with van der Waals surface area (Å²) in [7, 11) is 0. The molecule has 2 N–H and O–H groups in total. The normalized spacial score (nSPS) is 18.0. The molecule has 0 aliphatic carbocycles. The van der Waals surface area contributed by atoms with Gasteiger partial charge < -0.3 is 20.0 Å². The van der Waals surface area contributed by atoms with Crippen molar-refractivity contribution in [1.82, 2.24) is 4.90 Å². The summed E-state index contributed by atoms with van der Waals surface area (Å²) < 4.78 is 0. The Morgan fingerprint density at radius 1 is 0.960 bits per heavy atom. The summed E-state index contributed by atoms with van der Waals surface area (Å²) in [5.41, 5.74) is 3.02. The van der Waals surface area contributed by atoms with E-state index in [1.54, 1.807) is 42.2 Å². The average Bonchev–Trinajstić information content (AvgIpc) is 3.34. The third kappa shape index (κ3) is 7.26. The Balaban J connectivity index is 1.21. The molecule has 0 saturated carbocycles. The van der Waals surface area contributed by atoms with Crippen LogP contribution in [0, 0.1) is 5.92 Å². The van der Waals surface area contributed by atoms with E-state index < -0.39 is 17.4 Å². The van der Waals surface area contributed by atoms with Crippen LogP contribution in [0.1, 0.15) is 48.4 Å². The Morgan fingerprint density at radius 3 is 2.42 bits per heavy atom. The topological polar surface area (TPSA) is 114 Å². The van der Waals surface area contributed by atoms with Crippen LogP contribution >= 0.6 is 11.6 Å². The van der Waals surface area contributed by atoms with Gasteiger partial charge in [-0.05, 0) is 47.0 Å². The van der Waals surface area contributed by atoms with E-state index in [0.717, 1.165) is 22.4 Å². The SMILES string of the molecule is C[C@@H](/C=C/CC(=O)N(CCO)Cc1ccccc1)[C@]1(O)C(=O)N(Cc2cccc(N3N=C(c4ccccc4)CCC3=O)c2)c2ccc(Cl)cc21. The van der Waals surface area contributed by atoms with Crippen LogP contribution in [0.15, 0.2) is 120 Å². The van der Waals surface area contributed by atoms with Crippen LogP contribution in [0.3, 0.4) is 0 Å². The van der Waals surface area contributed by atoms with E-state index in [-0.39, 0.29) is 37.9 Å². The van der Waals surface area contributed by atoms with E-state index in [2.05, 4.69) is 5.10 Å². The molecule has 9 nitrogen and oxygen atoms in total. The quantitative estimate of drug-likeness (QED) is 0.172. The van der Waals surface area contributed by atoms with Crippen molar-refractivity contribution in [3.8, 4) is 0 Å². The largest absolute Gasteiger partial charge is 0.395 e. The average molecular weight is 691 g/mol. The van der Waals surface area contributed by atoms with Crippen molar-refractivity contribution in [3.05, 3.63) is 143 Å². The number of aliphatic hydroxyl groups excluding tert-OH is 1. The maximum Gasteiger partial charge on any atom is 0.264 e. The molecular formula is C40H39ClN4O5. The van der Waals surface area contributed by atoms with E-state index in [1.165, 1.54) is 9.91 Å². The zero-order chi connectivity index (χ0) is 35.3. The molecule has 256 valence electrons. The minimum atomic E-state index is -1.94. The first kappa shape index (κ1) is 34.8. The standard InChI is InChI=1S/C40H39ClN4O5/c1-28(10-8-17-37(47)43(22-23-46)26-29-11-4-2-5-12-29)40(50)34-25-32(41)18-20-36(34)44(39(40)49)27-30-13-9-16-33(24-30)45-38(48)21-19-35(42-45)31-14-6-3-7-15-31/h2-16,18,20,24-25,28,46,50H,17,19,21-23,26-27H2,1H3/b10-8+/t28-,40+/m0/s1. The number of hydrogen-bond acceptors (Lipinski definition) is 6. The first-order chi connectivity index (χ1) is 24.2. The number of hydrazone groups is 1. The van der Waals surface area contributed by atoms with Gasteiger partial charge >= 0.3 is 0 Å². The number of carbonyl (C=O) groups excluding carboxylic acids is 3. The third-order valence-corrected chi connectivity index (χ3v) is 9.42. The van der Waals surface area contributed by atoms with Gasteiger partial charge in [0.15, 0.2) is 5.60 Å². The van der Waals surface area contributed by atoms with Gasteiger partial charge in [-0.15, -0.1) is 0 Å². The van der Waals surface area contributed by atoms with Gasteiger partial charge in [0, 0.05) is 48.9 Å². The molecule has 4 aromatic carbocycles. The van der Waals surface area contributed by atoms with Crippen molar-refractivity contribution in [1.29, 1.82) is 0 Å². The smallest absolute Gasteiger partial charge is 0.264 e. The maximum absolute atomic E-state index is 14.2. The van der Waals surface area contributed by atoms with Gasteiger partial charge in [-0.2, -0.15) is 5.10 Å². The second-order valence-electron chi connectivity index (χ2n) is 12.6. The Hall–Kier alpha value is -5.09. The summed E-state index contributed by atoms with van der Waals surface area (Å²) in [6.45, 7) is 2.24. The van der Waals surface area contributed by atoms with Gasteiger partial charge in [0.2, 0.25) is 11.8 Å². The maximum atomic E-state index is 14.2. The van der Waals surface area contributed by atoms with E-state index in [4.69, 9.17) is 11.6 Å². The van der Waals surface area contributed by atoms with Crippen LogP contribution < -0.4 is 9.91 Å². The first-order valence-electron chi connectivity index (χ1n) is 16.7. The Bertz CT molecular complexity index is 1930. The van der Waals surface area contributed by atoms with E-state index in [0.29, 0.717) is 41.3 Å². The molecule has 10 heteroatoms. The Morgan fingerprint density at radius 2 is 1.68 bits per heavy atom. The minimum Gasteiger partial charge on any atom is -0.395 e. The predicted octanol–water partition coefficient (Wildman–Crippen LogP) is 6.21. The van der Waals surface area contributed by atoms with Crippen molar-refractivity contribution in [3.63, 3.8) is 0 Å². The summed E-state index contributed by atoms with van der Waals surface area (Å²) in [6.07, 6.45) is 4.24. The molecule has 0 aromatic heterocycles. The van der Waals surface area contributed by atoms with Crippen molar-refractivity contribution in [2.24, 2.45) is 11.0 Å². The summed E-state index contributed by atoms with van der Waals surface area (Å²) in [6, 6.07) is 31.6. The lowest BCUT2D eigenvalue weighted by Crippen LogP contribution is -2.44. The molecule has 4 aromatic rings. The molecule has 0 fully saturated rings. The number of benzene rings is 4. The fourth-order valence-electron chi connectivity index (χ4n) is 6.50. The van der Waals surface area contributed by atoms with Crippen LogP contribution in [0.5, 0.6) is 0 Å². The molecule has 2 aliphatic rings. The fraction of sp³-hybridized carbons (Fsp3) is 0.250. The van der Waals surface area contributed by atoms with E-state index in [9.17, 15) is 24.6 Å². The molecule has 6 rings (SSSR count). The molecule has 2 atom stereocenters. The van der Waals surface area contributed by atoms with Gasteiger partial charge in [0.1, 0.15) is 0 Å². The van der Waals surface area contributed by atoms with Crippen molar-refractivity contribution in [2.45, 2.75) is 44.9 Å². The molecule has 0 radical (unpaired) electrons. The van der Waals surface area contributed by atoms with Gasteiger partial charge in [-0.3, -0.25) is 14.4 Å². The Kier molecular flexibility index (Phi) is 10.6. The van der Waals surface area contributed by atoms with Crippen molar-refractivity contribution in [2.75, 3.05) is 23.1 Å². The third-order valence-electron chi connectivity index (χ3n) is 9.18. The molecule has 3 amide bonds. The number of carbonyl (C=O) groups is 3. The molecule has 2 heterocycles. The number of aliphatic hydroxyl groups is 2. The summed E-state index contributed by atoms with van der Waals surface area (Å²) >= 11 is 6.39. The lowest BCUT2D eigenvalue weighted by molar-refractivity contribution is -0.139. The second-order valence-corrected chi connectivity index (χ2v) is 13.0. The van der Waals surface area contributed by atoms with Gasteiger partial charge in [0.25, 0.3) is 5.91 Å². The van der Waals surface area contributed by atoms with Gasteiger partial charge in [-0.25, -0.2) is 5.01 Å². The summed E-state index contributed by atoms with van der Waals surface area (Å²) in [5, 5.41) is 28.2. The van der Waals surface area contributed by atoms with Crippen LogP contribution in [0.4, 0.5) is 11.4 Å². The lowest BCUT2D eigenvalue weighted by atomic mass is 9.83. The monoisotopic (exact) mass is 690 g/mol. The molecule has 50 heavy (non-hydrogen) atoms. The molecular weight excluding hydrogens is 652 g/mol. The highest BCUT2D eigenvalue weighted by atomic mass is 35.5. The predicted molar refractivity (Wildman–Crippen MR) is 195 cm³/mol. The number of halogens is 1. The molecule has 0 saturated heterocycles. The van der Waals surface area contributed by atoms with Gasteiger partial charge in [0.05, 0.1) is 30.2 Å². The zero-order valence-electron chi connectivity index (χ0n) is 27.8. The fourth-order valence-corrected chi connectivity index (χ4v) is 6.67.